The number of aliphatic carboxylic acids is 1. The Kier molecular flexibility index (Phi) is 2.96. The van der Waals surface area contributed by atoms with E-state index in [1.54, 1.807) is 24.3 Å². The number of hydrogen-bond acceptors (Lipinski definition) is 2. The lowest BCUT2D eigenvalue weighted by Crippen LogP contribution is -2.45. The van der Waals surface area contributed by atoms with Crippen molar-refractivity contribution >= 4 is 5.97 Å². The van der Waals surface area contributed by atoms with Crippen molar-refractivity contribution < 1.29 is 27.8 Å². The largest absolute Gasteiger partial charge is 0.492 e. The predicted molar refractivity (Wildman–Crippen MR) is 56.4 cm³/mol. The summed E-state index contributed by atoms with van der Waals surface area (Å²) in [7, 11) is 0. The highest BCUT2D eigenvalue weighted by Crippen LogP contribution is 2.42. The Bertz CT molecular complexity index is 470. The number of para-hydroxylation sites is 1. The van der Waals surface area contributed by atoms with Gasteiger partial charge in [0.05, 0.1) is 6.42 Å². The molecule has 1 aromatic carbocycles. The molecule has 0 aromatic heterocycles. The molecule has 6 heteroatoms. The van der Waals surface area contributed by atoms with E-state index in [-0.39, 0.29) is 6.42 Å². The molecule has 1 heterocycles. The van der Waals surface area contributed by atoms with Crippen LogP contribution in [0.25, 0.3) is 0 Å². The lowest BCUT2D eigenvalue weighted by molar-refractivity contribution is -0.184. The van der Waals surface area contributed by atoms with E-state index in [4.69, 9.17) is 9.84 Å². The van der Waals surface area contributed by atoms with Crippen LogP contribution in [0.5, 0.6) is 5.75 Å². The summed E-state index contributed by atoms with van der Waals surface area (Å²) < 4.78 is 42.7. The van der Waals surface area contributed by atoms with Gasteiger partial charge in [0.2, 0.25) is 0 Å². The molecule has 1 aliphatic heterocycles. The van der Waals surface area contributed by atoms with Gasteiger partial charge in [-0.15, -0.1) is 0 Å². The molecule has 2 rings (SSSR count). The number of fused-ring (bicyclic) bond motifs is 1. The Morgan fingerprint density at radius 1 is 1.39 bits per heavy atom. The molecule has 0 amide bonds. The van der Waals surface area contributed by atoms with Crippen molar-refractivity contribution in [3.05, 3.63) is 29.8 Å². The maximum atomic E-state index is 12.5. The summed E-state index contributed by atoms with van der Waals surface area (Å²) in [5, 5.41) is 9.10. The van der Waals surface area contributed by atoms with Crippen molar-refractivity contribution in [3.63, 3.8) is 0 Å². The van der Waals surface area contributed by atoms with Crippen molar-refractivity contribution in [3.8, 4) is 5.75 Å². The first-order valence-electron chi connectivity index (χ1n) is 5.33. The zero-order valence-electron chi connectivity index (χ0n) is 9.33. The monoisotopic (exact) mass is 260 g/mol. The van der Waals surface area contributed by atoms with Crippen LogP contribution in [0.4, 0.5) is 13.2 Å². The fourth-order valence-corrected chi connectivity index (χ4v) is 2.13. The molecule has 0 saturated heterocycles. The Balaban J connectivity index is 2.33. The van der Waals surface area contributed by atoms with Crippen molar-refractivity contribution in [2.24, 2.45) is 5.41 Å². The van der Waals surface area contributed by atoms with Gasteiger partial charge in [-0.25, -0.2) is 0 Å². The van der Waals surface area contributed by atoms with Gasteiger partial charge in [-0.1, -0.05) is 18.2 Å². The molecule has 1 atom stereocenters. The number of halogens is 3. The first-order chi connectivity index (χ1) is 8.32. The number of carboxylic acid groups (broad SMARTS) is 1. The van der Waals surface area contributed by atoms with Crippen LogP contribution in [0, 0.1) is 5.41 Å². The molecule has 0 fully saturated rings. The van der Waals surface area contributed by atoms with Gasteiger partial charge in [0.25, 0.3) is 0 Å². The normalized spacial score (nSPS) is 23.1. The molecule has 1 unspecified atom stereocenters. The summed E-state index contributed by atoms with van der Waals surface area (Å²) in [6.45, 7) is -0.459. The standard InChI is InChI=1S/C12H11F3O3/c13-12(14,15)6-11(10(16)17)5-8-3-1-2-4-9(8)18-7-11/h1-4H,5-7H2,(H,16,17). The van der Waals surface area contributed by atoms with E-state index in [1.807, 2.05) is 0 Å². The maximum absolute atomic E-state index is 12.5. The van der Waals surface area contributed by atoms with E-state index in [9.17, 15) is 18.0 Å². The maximum Gasteiger partial charge on any atom is 0.390 e. The molecular weight excluding hydrogens is 249 g/mol. The smallest absolute Gasteiger partial charge is 0.390 e. The molecular formula is C12H11F3O3. The van der Waals surface area contributed by atoms with Gasteiger partial charge in [-0.3, -0.25) is 4.79 Å². The molecule has 1 aliphatic rings. The Morgan fingerprint density at radius 2 is 2.06 bits per heavy atom. The van der Waals surface area contributed by atoms with Crippen LogP contribution in [-0.4, -0.2) is 23.9 Å². The van der Waals surface area contributed by atoms with Crippen LogP contribution in [0.2, 0.25) is 0 Å². The van der Waals surface area contributed by atoms with E-state index in [0.29, 0.717) is 11.3 Å². The highest BCUT2D eigenvalue weighted by molar-refractivity contribution is 5.76. The van der Waals surface area contributed by atoms with Crippen LogP contribution in [0.1, 0.15) is 12.0 Å². The van der Waals surface area contributed by atoms with Crippen molar-refractivity contribution in [2.75, 3.05) is 6.61 Å². The average molecular weight is 260 g/mol. The number of carbonyl (C=O) groups is 1. The zero-order valence-corrected chi connectivity index (χ0v) is 9.33. The third kappa shape index (κ3) is 2.42. The fourth-order valence-electron chi connectivity index (χ4n) is 2.13. The topological polar surface area (TPSA) is 46.5 Å². The van der Waals surface area contributed by atoms with E-state index < -0.39 is 30.6 Å². The molecule has 1 N–H and O–H groups in total. The summed E-state index contributed by atoms with van der Waals surface area (Å²) in [6, 6.07) is 6.54. The zero-order chi connectivity index (χ0) is 13.4. The molecule has 3 nitrogen and oxygen atoms in total. The highest BCUT2D eigenvalue weighted by atomic mass is 19.4. The van der Waals surface area contributed by atoms with E-state index >= 15 is 0 Å². The molecule has 1 aromatic rings. The second-order valence-electron chi connectivity index (χ2n) is 4.45. The van der Waals surface area contributed by atoms with Crippen molar-refractivity contribution in [1.82, 2.24) is 0 Å². The Morgan fingerprint density at radius 3 is 2.67 bits per heavy atom. The van der Waals surface area contributed by atoms with Crippen LogP contribution >= 0.6 is 0 Å². The minimum absolute atomic E-state index is 0.169. The van der Waals surface area contributed by atoms with Gasteiger partial charge in [-0.05, 0) is 18.1 Å². The lowest BCUT2D eigenvalue weighted by Gasteiger charge is -2.34. The van der Waals surface area contributed by atoms with Crippen LogP contribution in [0.3, 0.4) is 0 Å². The molecule has 0 bridgehead atoms. The quantitative estimate of drug-likeness (QED) is 0.889. The third-order valence-electron chi connectivity index (χ3n) is 3.00. The van der Waals surface area contributed by atoms with Crippen LogP contribution in [-0.2, 0) is 11.2 Å². The van der Waals surface area contributed by atoms with Crippen LogP contribution in [0.15, 0.2) is 24.3 Å². The predicted octanol–water partition coefficient (Wildman–Crippen LogP) is 2.64. The number of ether oxygens (including phenoxy) is 1. The van der Waals surface area contributed by atoms with Crippen LogP contribution < -0.4 is 4.74 Å². The third-order valence-corrected chi connectivity index (χ3v) is 3.00. The molecule has 0 radical (unpaired) electrons. The molecule has 18 heavy (non-hydrogen) atoms. The molecule has 0 saturated carbocycles. The number of hydrogen-bond donors (Lipinski definition) is 1. The Hall–Kier alpha value is -1.72. The minimum atomic E-state index is -4.53. The van der Waals surface area contributed by atoms with Crippen molar-refractivity contribution in [1.29, 1.82) is 0 Å². The average Bonchev–Trinajstić information content (AvgIpc) is 2.26. The van der Waals surface area contributed by atoms with Crippen molar-refractivity contribution in [2.45, 2.75) is 19.0 Å². The highest BCUT2D eigenvalue weighted by Gasteiger charge is 2.50. The summed E-state index contributed by atoms with van der Waals surface area (Å²) >= 11 is 0. The summed E-state index contributed by atoms with van der Waals surface area (Å²) in [6.07, 6.45) is -6.09. The second kappa shape index (κ2) is 4.19. The SMILES string of the molecule is O=C(O)C1(CC(F)(F)F)COc2ccccc2C1. The van der Waals surface area contributed by atoms with Gasteiger partial charge in [0.1, 0.15) is 17.8 Å². The van der Waals surface area contributed by atoms with E-state index in [1.165, 1.54) is 0 Å². The second-order valence-corrected chi connectivity index (χ2v) is 4.45. The molecule has 0 spiro atoms. The van der Waals surface area contributed by atoms with E-state index in [2.05, 4.69) is 0 Å². The first kappa shape index (κ1) is 12.7. The number of alkyl halides is 3. The fraction of sp³-hybridized carbons (Fsp3) is 0.417. The summed E-state index contributed by atoms with van der Waals surface area (Å²) in [5.74, 6) is -1.02. The Labute approximate surface area is 101 Å². The molecule has 0 aliphatic carbocycles. The van der Waals surface area contributed by atoms with Gasteiger partial charge in [-0.2, -0.15) is 13.2 Å². The minimum Gasteiger partial charge on any atom is -0.492 e. The first-order valence-corrected chi connectivity index (χ1v) is 5.33. The molecule has 98 valence electrons. The van der Waals surface area contributed by atoms with Gasteiger partial charge in [0.15, 0.2) is 0 Å². The van der Waals surface area contributed by atoms with Gasteiger partial charge >= 0.3 is 12.1 Å². The van der Waals surface area contributed by atoms with E-state index in [0.717, 1.165) is 0 Å². The summed E-state index contributed by atoms with van der Waals surface area (Å²) in [5.41, 5.74) is -1.43. The lowest BCUT2D eigenvalue weighted by atomic mass is 9.77. The summed E-state index contributed by atoms with van der Waals surface area (Å²) in [4.78, 5) is 11.2. The van der Waals surface area contributed by atoms with Gasteiger partial charge < -0.3 is 9.84 Å². The van der Waals surface area contributed by atoms with Gasteiger partial charge in [0, 0.05) is 0 Å². The number of carboxylic acids is 1. The number of rotatable bonds is 2. The number of benzene rings is 1.